The van der Waals surface area contributed by atoms with E-state index < -0.39 is 0 Å². The quantitative estimate of drug-likeness (QED) is 0.873. The number of thioether (sulfide) groups is 1. The van der Waals surface area contributed by atoms with Crippen molar-refractivity contribution in [3.8, 4) is 11.5 Å². The molecule has 0 saturated carbocycles. The van der Waals surface area contributed by atoms with Crippen LogP contribution in [-0.4, -0.2) is 35.2 Å². The topological polar surface area (TPSA) is 51.6 Å². The third-order valence-electron chi connectivity index (χ3n) is 2.96. The van der Waals surface area contributed by atoms with E-state index >= 15 is 0 Å². The highest BCUT2D eigenvalue weighted by atomic mass is 32.2. The molecule has 100 valence electrons. The molecule has 0 radical (unpaired) electrons. The zero-order valence-corrected chi connectivity index (χ0v) is 11.4. The molecule has 0 amide bonds. The molecule has 5 heteroatoms. The van der Waals surface area contributed by atoms with Gasteiger partial charge in [-0.1, -0.05) is 6.92 Å². The van der Waals surface area contributed by atoms with Crippen LogP contribution in [0.3, 0.4) is 0 Å². The van der Waals surface area contributed by atoms with Crippen LogP contribution in [0.2, 0.25) is 0 Å². The second kappa shape index (κ2) is 5.27. The minimum atomic E-state index is 0.117. The average Bonchev–Trinajstić information content (AvgIpc) is 2.45. The summed E-state index contributed by atoms with van der Waals surface area (Å²) >= 11 is 1.57. The smallest absolute Gasteiger partial charge is 0.162 e. The standard InChI is InChI=1S/C14H15NO3S/c1-9(8-16)19-14-11-7-13-12(17-4-5-18-13)6-10(11)2-3-15-14/h2-3,6-7,9,16H,4-5,8H2,1H3. The van der Waals surface area contributed by atoms with Gasteiger partial charge in [-0.05, 0) is 23.6 Å². The summed E-state index contributed by atoms with van der Waals surface area (Å²) in [6.07, 6.45) is 1.78. The van der Waals surface area contributed by atoms with E-state index in [0.717, 1.165) is 27.3 Å². The highest BCUT2D eigenvalue weighted by Gasteiger charge is 2.15. The Bertz CT molecular complexity index is 603. The van der Waals surface area contributed by atoms with Crippen LogP contribution < -0.4 is 9.47 Å². The van der Waals surface area contributed by atoms with Gasteiger partial charge in [0.05, 0.1) is 6.61 Å². The van der Waals surface area contributed by atoms with E-state index in [2.05, 4.69) is 4.98 Å². The first kappa shape index (κ1) is 12.6. The fourth-order valence-electron chi connectivity index (χ4n) is 2.00. The molecule has 0 fully saturated rings. The summed E-state index contributed by atoms with van der Waals surface area (Å²) in [5.74, 6) is 1.56. The monoisotopic (exact) mass is 277 g/mol. The lowest BCUT2D eigenvalue weighted by Crippen LogP contribution is -2.15. The number of ether oxygens (including phenoxy) is 2. The van der Waals surface area contributed by atoms with Crippen LogP contribution in [0.5, 0.6) is 11.5 Å². The second-order valence-electron chi connectivity index (χ2n) is 4.44. The Balaban J connectivity index is 2.08. The van der Waals surface area contributed by atoms with Gasteiger partial charge in [0.25, 0.3) is 0 Å². The number of aliphatic hydroxyl groups is 1. The predicted molar refractivity (Wildman–Crippen MR) is 75.1 cm³/mol. The fraction of sp³-hybridized carbons (Fsp3) is 0.357. The van der Waals surface area contributed by atoms with Crippen LogP contribution in [0.25, 0.3) is 10.8 Å². The Labute approximate surface area is 115 Å². The van der Waals surface area contributed by atoms with Crippen molar-refractivity contribution in [2.75, 3.05) is 19.8 Å². The van der Waals surface area contributed by atoms with Crippen LogP contribution in [0.1, 0.15) is 6.92 Å². The highest BCUT2D eigenvalue weighted by Crippen LogP contribution is 2.38. The SMILES string of the molecule is CC(CO)Sc1nccc2cc3c(cc12)OCCO3. The number of rotatable bonds is 3. The summed E-state index contributed by atoms with van der Waals surface area (Å²) in [5.41, 5.74) is 0. The van der Waals surface area contributed by atoms with E-state index in [1.165, 1.54) is 0 Å². The molecule has 19 heavy (non-hydrogen) atoms. The summed E-state index contributed by atoms with van der Waals surface area (Å²) in [6.45, 7) is 3.28. The lowest BCUT2D eigenvalue weighted by atomic mass is 10.1. The molecule has 1 unspecified atom stereocenters. The maximum Gasteiger partial charge on any atom is 0.162 e. The normalized spacial score (nSPS) is 15.5. The van der Waals surface area contributed by atoms with Gasteiger partial charge >= 0.3 is 0 Å². The molecule has 3 rings (SSSR count). The molecule has 0 bridgehead atoms. The number of nitrogens with zero attached hydrogens (tertiary/aromatic N) is 1. The fourth-order valence-corrected chi connectivity index (χ4v) is 2.89. The molecule has 1 aromatic heterocycles. The van der Waals surface area contributed by atoms with Crippen molar-refractivity contribution < 1.29 is 14.6 Å². The van der Waals surface area contributed by atoms with E-state index in [4.69, 9.17) is 14.6 Å². The number of aromatic nitrogens is 1. The van der Waals surface area contributed by atoms with Gasteiger partial charge in [0.2, 0.25) is 0 Å². The summed E-state index contributed by atoms with van der Waals surface area (Å²) in [5, 5.41) is 12.3. The lowest BCUT2D eigenvalue weighted by molar-refractivity contribution is 0.172. The van der Waals surface area contributed by atoms with Gasteiger partial charge in [-0.15, -0.1) is 11.8 Å². The molecule has 1 aliphatic heterocycles. The van der Waals surface area contributed by atoms with Gasteiger partial charge in [-0.25, -0.2) is 4.98 Å². The molecular weight excluding hydrogens is 262 g/mol. The molecule has 0 saturated heterocycles. The zero-order chi connectivity index (χ0) is 13.2. The van der Waals surface area contributed by atoms with Crippen LogP contribution in [0.15, 0.2) is 29.4 Å². The van der Waals surface area contributed by atoms with Gasteiger partial charge in [-0.3, -0.25) is 0 Å². The number of hydrogen-bond acceptors (Lipinski definition) is 5. The van der Waals surface area contributed by atoms with Gasteiger partial charge in [0.1, 0.15) is 18.2 Å². The number of benzene rings is 1. The van der Waals surface area contributed by atoms with Crippen LogP contribution >= 0.6 is 11.8 Å². The Morgan fingerprint density at radius 1 is 1.32 bits per heavy atom. The number of fused-ring (bicyclic) bond motifs is 2. The van der Waals surface area contributed by atoms with Crippen molar-refractivity contribution in [1.82, 2.24) is 4.98 Å². The summed E-state index contributed by atoms with van der Waals surface area (Å²) in [6, 6.07) is 5.92. The molecule has 1 aliphatic rings. The number of aliphatic hydroxyl groups excluding tert-OH is 1. The Hall–Kier alpha value is -1.46. The van der Waals surface area contributed by atoms with Crippen molar-refractivity contribution >= 4 is 22.5 Å². The third kappa shape index (κ3) is 2.48. The largest absolute Gasteiger partial charge is 0.486 e. The maximum atomic E-state index is 9.17. The van der Waals surface area contributed by atoms with Crippen molar-refractivity contribution in [2.45, 2.75) is 17.2 Å². The minimum absolute atomic E-state index is 0.117. The molecule has 1 aromatic carbocycles. The van der Waals surface area contributed by atoms with Crippen LogP contribution in [0.4, 0.5) is 0 Å². The van der Waals surface area contributed by atoms with Crippen molar-refractivity contribution in [1.29, 1.82) is 0 Å². The minimum Gasteiger partial charge on any atom is -0.486 e. The highest BCUT2D eigenvalue weighted by molar-refractivity contribution is 8.00. The Morgan fingerprint density at radius 3 is 2.79 bits per heavy atom. The maximum absolute atomic E-state index is 9.17. The van der Waals surface area contributed by atoms with Crippen LogP contribution in [0, 0.1) is 0 Å². The predicted octanol–water partition coefficient (Wildman–Crippen LogP) is 2.48. The van der Waals surface area contributed by atoms with E-state index in [1.807, 2.05) is 25.1 Å². The van der Waals surface area contributed by atoms with E-state index in [0.29, 0.717) is 13.2 Å². The molecule has 4 nitrogen and oxygen atoms in total. The number of hydrogen-bond donors (Lipinski definition) is 1. The Kier molecular flexibility index (Phi) is 3.48. The lowest BCUT2D eigenvalue weighted by Gasteiger charge is -2.19. The van der Waals surface area contributed by atoms with E-state index in [-0.39, 0.29) is 11.9 Å². The first-order valence-corrected chi connectivity index (χ1v) is 7.12. The van der Waals surface area contributed by atoms with Gasteiger partial charge in [0, 0.05) is 16.8 Å². The van der Waals surface area contributed by atoms with Crippen molar-refractivity contribution in [3.63, 3.8) is 0 Å². The molecule has 2 aromatic rings. The first-order valence-electron chi connectivity index (χ1n) is 6.24. The number of pyridine rings is 1. The van der Waals surface area contributed by atoms with Crippen molar-refractivity contribution in [2.24, 2.45) is 0 Å². The summed E-state index contributed by atoms with van der Waals surface area (Å²) < 4.78 is 11.2. The van der Waals surface area contributed by atoms with E-state index in [1.54, 1.807) is 18.0 Å². The molecule has 1 atom stereocenters. The average molecular weight is 277 g/mol. The molecule has 2 heterocycles. The third-order valence-corrected chi connectivity index (χ3v) is 4.06. The molecular formula is C14H15NO3S. The molecule has 0 spiro atoms. The molecule has 0 aliphatic carbocycles. The first-order chi connectivity index (χ1) is 9.28. The Morgan fingerprint density at radius 2 is 2.05 bits per heavy atom. The van der Waals surface area contributed by atoms with Crippen molar-refractivity contribution in [3.05, 3.63) is 24.4 Å². The summed E-state index contributed by atoms with van der Waals surface area (Å²) in [4.78, 5) is 4.40. The second-order valence-corrected chi connectivity index (χ2v) is 5.87. The van der Waals surface area contributed by atoms with Gasteiger partial charge < -0.3 is 14.6 Å². The van der Waals surface area contributed by atoms with Gasteiger partial charge in [0.15, 0.2) is 11.5 Å². The zero-order valence-electron chi connectivity index (χ0n) is 10.6. The van der Waals surface area contributed by atoms with Crippen LogP contribution in [-0.2, 0) is 0 Å². The van der Waals surface area contributed by atoms with Gasteiger partial charge in [-0.2, -0.15) is 0 Å². The van der Waals surface area contributed by atoms with E-state index in [9.17, 15) is 0 Å². The summed E-state index contributed by atoms with van der Waals surface area (Å²) in [7, 11) is 0. The molecule has 1 N–H and O–H groups in total.